The number of nitrogens with one attached hydrogen (secondary N) is 2. The van der Waals surface area contributed by atoms with Crippen molar-refractivity contribution in [2.45, 2.75) is 12.8 Å². The number of amides is 2. The molecule has 25 heavy (non-hydrogen) atoms. The second-order valence-electron chi connectivity index (χ2n) is 5.88. The molecule has 6 heteroatoms. The molecule has 2 aromatic carbocycles. The first-order chi connectivity index (χ1) is 12.2. The second kappa shape index (κ2) is 7.70. The zero-order chi connectivity index (χ0) is 17.6. The molecule has 0 radical (unpaired) electrons. The summed E-state index contributed by atoms with van der Waals surface area (Å²) in [5.41, 5.74) is 2.76. The van der Waals surface area contributed by atoms with E-state index >= 15 is 0 Å². The van der Waals surface area contributed by atoms with Crippen LogP contribution in [0, 0.1) is 0 Å². The lowest BCUT2D eigenvalue weighted by molar-refractivity contribution is 0.222. The van der Waals surface area contributed by atoms with Gasteiger partial charge in [-0.2, -0.15) is 0 Å². The number of carbonyl (C=O) groups excluding carboxylic acids is 1. The molecule has 1 heterocycles. The second-order valence-corrected chi connectivity index (χ2v) is 5.88. The summed E-state index contributed by atoms with van der Waals surface area (Å²) in [7, 11) is 3.40. The van der Waals surface area contributed by atoms with Crippen LogP contribution >= 0.6 is 0 Å². The van der Waals surface area contributed by atoms with Crippen molar-refractivity contribution >= 4 is 22.8 Å². The van der Waals surface area contributed by atoms with Crippen LogP contribution in [-0.2, 0) is 6.42 Å². The van der Waals surface area contributed by atoms with Crippen molar-refractivity contribution in [3.8, 4) is 5.75 Å². The van der Waals surface area contributed by atoms with Crippen LogP contribution < -0.4 is 10.1 Å². The molecule has 6 nitrogen and oxygen atoms in total. The Morgan fingerprint density at radius 2 is 1.96 bits per heavy atom. The first kappa shape index (κ1) is 16.8. The zero-order valence-electron chi connectivity index (χ0n) is 14.5. The van der Waals surface area contributed by atoms with E-state index in [0.29, 0.717) is 6.54 Å². The van der Waals surface area contributed by atoms with E-state index in [0.717, 1.165) is 41.1 Å². The van der Waals surface area contributed by atoms with Gasteiger partial charge in [-0.05, 0) is 42.8 Å². The molecule has 2 N–H and O–H groups in total. The third-order valence-corrected chi connectivity index (χ3v) is 4.03. The quantitative estimate of drug-likeness (QED) is 0.720. The van der Waals surface area contributed by atoms with Crippen LogP contribution in [0.4, 0.5) is 10.5 Å². The maximum absolute atomic E-state index is 12.2. The van der Waals surface area contributed by atoms with Gasteiger partial charge >= 0.3 is 6.03 Å². The number of aryl methyl sites for hydroxylation is 1. The number of aromatic nitrogens is 2. The Balaban J connectivity index is 1.47. The van der Waals surface area contributed by atoms with Gasteiger partial charge in [0, 0.05) is 25.7 Å². The molecule has 3 rings (SSSR count). The number of fused-ring (bicyclic) bond motifs is 1. The van der Waals surface area contributed by atoms with Gasteiger partial charge in [-0.3, -0.25) is 0 Å². The fourth-order valence-electron chi connectivity index (χ4n) is 2.60. The SMILES string of the molecule is COc1ccc(NC(=O)N(C)CCCc2nc3ccccc3[nH]2)cc1. The number of H-pyrrole nitrogens is 1. The van der Waals surface area contributed by atoms with E-state index in [1.807, 2.05) is 48.5 Å². The van der Waals surface area contributed by atoms with Gasteiger partial charge in [0.05, 0.1) is 18.1 Å². The Morgan fingerprint density at radius 1 is 1.20 bits per heavy atom. The van der Waals surface area contributed by atoms with Gasteiger partial charge in [0.15, 0.2) is 0 Å². The highest BCUT2D eigenvalue weighted by Crippen LogP contribution is 2.15. The number of para-hydroxylation sites is 2. The molecule has 0 unspecified atom stereocenters. The molecule has 130 valence electrons. The molecular formula is C19H22N4O2. The number of hydrogen-bond acceptors (Lipinski definition) is 3. The van der Waals surface area contributed by atoms with E-state index in [1.54, 1.807) is 19.1 Å². The van der Waals surface area contributed by atoms with Crippen molar-refractivity contribution in [3.63, 3.8) is 0 Å². The van der Waals surface area contributed by atoms with Crippen molar-refractivity contribution in [1.82, 2.24) is 14.9 Å². The Kier molecular flexibility index (Phi) is 5.18. The monoisotopic (exact) mass is 338 g/mol. The Labute approximate surface area is 146 Å². The van der Waals surface area contributed by atoms with E-state index in [-0.39, 0.29) is 6.03 Å². The minimum absolute atomic E-state index is 0.130. The van der Waals surface area contributed by atoms with E-state index in [2.05, 4.69) is 15.3 Å². The number of aromatic amines is 1. The highest BCUT2D eigenvalue weighted by molar-refractivity contribution is 5.89. The highest BCUT2D eigenvalue weighted by Gasteiger charge is 2.09. The third kappa shape index (κ3) is 4.29. The first-order valence-corrected chi connectivity index (χ1v) is 8.25. The minimum atomic E-state index is -0.130. The molecule has 0 aliphatic heterocycles. The number of anilines is 1. The Bertz CT molecular complexity index is 809. The number of rotatable bonds is 6. The molecule has 0 aliphatic rings. The predicted octanol–water partition coefficient (Wildman–Crippen LogP) is 3.67. The summed E-state index contributed by atoms with van der Waals surface area (Å²) in [5, 5.41) is 2.87. The molecule has 0 atom stereocenters. The molecule has 1 aromatic heterocycles. The average molecular weight is 338 g/mol. The van der Waals surface area contributed by atoms with Crippen LogP contribution in [0.25, 0.3) is 11.0 Å². The number of imidazole rings is 1. The highest BCUT2D eigenvalue weighted by atomic mass is 16.5. The standard InChI is InChI=1S/C19H22N4O2/c1-23(19(24)20-14-9-11-15(25-2)12-10-14)13-5-8-18-21-16-6-3-4-7-17(16)22-18/h3-4,6-7,9-12H,5,8,13H2,1-2H3,(H,20,24)(H,21,22). The van der Waals surface area contributed by atoms with Crippen LogP contribution in [0.15, 0.2) is 48.5 Å². The number of nitrogens with zero attached hydrogens (tertiary/aromatic N) is 2. The van der Waals surface area contributed by atoms with Crippen molar-refractivity contribution in [2.24, 2.45) is 0 Å². The van der Waals surface area contributed by atoms with Crippen molar-refractivity contribution in [3.05, 3.63) is 54.4 Å². The molecule has 0 spiro atoms. The average Bonchev–Trinajstić information content (AvgIpc) is 3.05. The van der Waals surface area contributed by atoms with Gasteiger partial charge in [0.1, 0.15) is 11.6 Å². The third-order valence-electron chi connectivity index (χ3n) is 4.03. The molecule has 0 fully saturated rings. The van der Waals surface area contributed by atoms with Crippen LogP contribution in [0.2, 0.25) is 0 Å². The minimum Gasteiger partial charge on any atom is -0.497 e. The summed E-state index contributed by atoms with van der Waals surface area (Å²) < 4.78 is 5.11. The molecule has 0 saturated carbocycles. The van der Waals surface area contributed by atoms with Gasteiger partial charge < -0.3 is 19.9 Å². The van der Waals surface area contributed by atoms with Crippen molar-refractivity contribution < 1.29 is 9.53 Å². The fraction of sp³-hybridized carbons (Fsp3) is 0.263. The molecule has 2 amide bonds. The van der Waals surface area contributed by atoms with Crippen LogP contribution in [0.5, 0.6) is 5.75 Å². The maximum atomic E-state index is 12.2. The number of carbonyl (C=O) groups is 1. The summed E-state index contributed by atoms with van der Waals surface area (Å²) in [5.74, 6) is 1.71. The summed E-state index contributed by atoms with van der Waals surface area (Å²) >= 11 is 0. The van der Waals surface area contributed by atoms with Crippen molar-refractivity contribution in [2.75, 3.05) is 26.0 Å². The summed E-state index contributed by atoms with van der Waals surface area (Å²) in [6.45, 7) is 0.652. The fourth-order valence-corrected chi connectivity index (χ4v) is 2.60. The van der Waals surface area contributed by atoms with Gasteiger partial charge in [-0.1, -0.05) is 12.1 Å². The van der Waals surface area contributed by atoms with Crippen LogP contribution in [-0.4, -0.2) is 41.6 Å². The molecule has 0 bridgehead atoms. The lowest BCUT2D eigenvalue weighted by atomic mass is 10.3. The largest absolute Gasteiger partial charge is 0.497 e. The van der Waals surface area contributed by atoms with Crippen LogP contribution in [0.3, 0.4) is 0 Å². The van der Waals surface area contributed by atoms with Crippen LogP contribution in [0.1, 0.15) is 12.2 Å². The Hall–Kier alpha value is -3.02. The van der Waals surface area contributed by atoms with Gasteiger partial charge in [-0.15, -0.1) is 0 Å². The Morgan fingerprint density at radius 3 is 2.68 bits per heavy atom. The smallest absolute Gasteiger partial charge is 0.321 e. The van der Waals surface area contributed by atoms with Gasteiger partial charge in [-0.25, -0.2) is 9.78 Å². The van der Waals surface area contributed by atoms with Gasteiger partial charge in [0.25, 0.3) is 0 Å². The topological polar surface area (TPSA) is 70.2 Å². The maximum Gasteiger partial charge on any atom is 0.321 e. The molecule has 3 aromatic rings. The first-order valence-electron chi connectivity index (χ1n) is 8.25. The number of ether oxygens (including phenoxy) is 1. The predicted molar refractivity (Wildman–Crippen MR) is 99.1 cm³/mol. The number of benzene rings is 2. The summed E-state index contributed by atoms with van der Waals surface area (Å²) in [6.07, 6.45) is 1.64. The summed E-state index contributed by atoms with van der Waals surface area (Å²) in [6, 6.07) is 15.1. The van der Waals surface area contributed by atoms with E-state index in [9.17, 15) is 4.79 Å². The lowest BCUT2D eigenvalue weighted by Crippen LogP contribution is -2.32. The normalized spacial score (nSPS) is 10.6. The lowest BCUT2D eigenvalue weighted by Gasteiger charge is -2.17. The molecular weight excluding hydrogens is 316 g/mol. The number of hydrogen-bond donors (Lipinski definition) is 2. The number of urea groups is 1. The molecule has 0 saturated heterocycles. The van der Waals surface area contributed by atoms with E-state index in [4.69, 9.17) is 4.74 Å². The molecule has 0 aliphatic carbocycles. The van der Waals surface area contributed by atoms with Gasteiger partial charge in [0.2, 0.25) is 0 Å². The number of methoxy groups -OCH3 is 1. The summed E-state index contributed by atoms with van der Waals surface area (Å²) in [4.78, 5) is 21.7. The zero-order valence-corrected chi connectivity index (χ0v) is 14.5. The van der Waals surface area contributed by atoms with E-state index < -0.39 is 0 Å². The van der Waals surface area contributed by atoms with E-state index in [1.165, 1.54) is 0 Å². The van der Waals surface area contributed by atoms with Crippen molar-refractivity contribution in [1.29, 1.82) is 0 Å².